The molecule has 0 unspecified atom stereocenters. The van der Waals surface area contributed by atoms with Gasteiger partial charge in [0.25, 0.3) is 0 Å². The molecular weight excluding hydrogens is 365 g/mol. The topological polar surface area (TPSA) is 6.48 Å². The molecule has 1 aromatic rings. The summed E-state index contributed by atoms with van der Waals surface area (Å²) >= 11 is 0. The number of rotatable bonds is 4. The number of halogens is 2. The summed E-state index contributed by atoms with van der Waals surface area (Å²) < 4.78 is 0. The fourth-order valence-corrected chi connectivity index (χ4v) is 1.44. The van der Waals surface area contributed by atoms with E-state index in [-0.39, 0.29) is 49.2 Å². The molecule has 98 valence electrons. The maximum Gasteiger partial charge on any atom is 0.0233 e. The Hall–Kier alpha value is 0.538. The van der Waals surface area contributed by atoms with Gasteiger partial charge in [0.1, 0.15) is 0 Å². The molecule has 17 heavy (non-hydrogen) atoms. The number of hydrogen-bond donors (Lipinski definition) is 0. The van der Waals surface area contributed by atoms with Gasteiger partial charge < -0.3 is 34.6 Å². The van der Waals surface area contributed by atoms with E-state index < -0.39 is 0 Å². The molecule has 1 rings (SSSR count). The summed E-state index contributed by atoms with van der Waals surface area (Å²) in [5, 5.41) is 0. The molecule has 0 bridgehead atoms. The number of hydrogen-bond acceptors (Lipinski definition) is 2. The van der Waals surface area contributed by atoms with Crippen LogP contribution in [0, 0.1) is 6.07 Å². The smallest absolute Gasteiger partial charge is 0.0233 e. The largest absolute Gasteiger partial charge is 1.00 e. The molecule has 2 nitrogen and oxygen atoms in total. The molecule has 0 saturated heterocycles. The third kappa shape index (κ3) is 10.2. The second-order valence-electron chi connectivity index (χ2n) is 4.18. The van der Waals surface area contributed by atoms with Crippen LogP contribution in [-0.2, 0) is 13.1 Å². The third-order valence-electron chi connectivity index (χ3n) is 1.89. The fourth-order valence-electron chi connectivity index (χ4n) is 1.44. The van der Waals surface area contributed by atoms with Crippen molar-refractivity contribution in [3.05, 3.63) is 35.4 Å². The third-order valence-corrected chi connectivity index (χ3v) is 1.89. The maximum atomic E-state index is 3.42. The Bertz CT molecular complexity index is 268. The van der Waals surface area contributed by atoms with Gasteiger partial charge in [-0.15, -0.1) is 0 Å². The van der Waals surface area contributed by atoms with Gasteiger partial charge in [-0.05, 0) is 45.4 Å². The van der Waals surface area contributed by atoms with Crippen LogP contribution in [0.3, 0.4) is 0 Å². The molecule has 0 N–H and O–H groups in total. The minimum Gasteiger partial charge on any atom is -1.00 e. The van der Waals surface area contributed by atoms with Crippen molar-refractivity contribution in [3.63, 3.8) is 0 Å². The second kappa shape index (κ2) is 11.6. The molecule has 0 heterocycles. The van der Waals surface area contributed by atoms with E-state index in [1.54, 1.807) is 0 Å². The maximum absolute atomic E-state index is 3.42. The fraction of sp³-hybridized carbons (Fsp3) is 0.500. The predicted molar refractivity (Wildman–Crippen MR) is 65.8 cm³/mol. The predicted octanol–water partition coefficient (Wildman–Crippen LogP) is -4.76. The number of nitrogens with zero attached hydrogens (tertiary/aromatic N) is 2. The van der Waals surface area contributed by atoms with Gasteiger partial charge in [0.15, 0.2) is 0 Å². The zero-order chi connectivity index (χ0) is 10.6. The van der Waals surface area contributed by atoms with Crippen LogP contribution in [-0.4, -0.2) is 62.4 Å². The van der Waals surface area contributed by atoms with Crippen LogP contribution in [0.4, 0.5) is 0 Å². The molecule has 0 aliphatic carbocycles. The molecule has 5 heteroatoms. The Kier molecular flexibility index (Phi) is 15.5. The van der Waals surface area contributed by atoms with Crippen molar-refractivity contribution in [1.82, 2.24) is 9.80 Å². The Balaban J connectivity index is -0.000000653. The van der Waals surface area contributed by atoms with Crippen molar-refractivity contribution >= 4 is 24.4 Å². The van der Waals surface area contributed by atoms with Crippen molar-refractivity contribution in [2.75, 3.05) is 28.2 Å². The van der Waals surface area contributed by atoms with Crippen LogP contribution >= 0.6 is 0 Å². The molecule has 0 spiro atoms. The molecular formula is C12H19Cl2N2Sb-2. The van der Waals surface area contributed by atoms with E-state index >= 15 is 0 Å². The summed E-state index contributed by atoms with van der Waals surface area (Å²) in [5.41, 5.74) is 2.52. The summed E-state index contributed by atoms with van der Waals surface area (Å²) in [4.78, 5) is 4.32. The van der Waals surface area contributed by atoms with Gasteiger partial charge in [-0.1, -0.05) is 18.2 Å². The number of benzene rings is 1. The van der Waals surface area contributed by atoms with Crippen molar-refractivity contribution in [3.8, 4) is 0 Å². The summed E-state index contributed by atoms with van der Waals surface area (Å²) in [6.45, 7) is 1.92. The minimum atomic E-state index is 0. The first-order chi connectivity index (χ1) is 6.58. The zero-order valence-electron chi connectivity index (χ0n) is 10.7. The zero-order valence-corrected chi connectivity index (χ0v) is 14.8. The van der Waals surface area contributed by atoms with E-state index in [2.05, 4.69) is 62.3 Å². The first kappa shape index (κ1) is 22.7. The normalized spacial score (nSPS) is 9.29. The van der Waals surface area contributed by atoms with Crippen LogP contribution in [0.1, 0.15) is 11.1 Å². The molecule has 0 saturated carbocycles. The minimum absolute atomic E-state index is 0. The van der Waals surface area contributed by atoms with Crippen LogP contribution < -0.4 is 24.8 Å². The van der Waals surface area contributed by atoms with Crippen LogP contribution in [0.5, 0.6) is 0 Å². The molecule has 0 aliphatic rings. The molecule has 0 fully saturated rings. The van der Waals surface area contributed by atoms with E-state index in [0.29, 0.717) is 0 Å². The summed E-state index contributed by atoms with van der Waals surface area (Å²) in [7, 11) is 8.30. The van der Waals surface area contributed by atoms with Gasteiger partial charge in [-0.2, -0.15) is 0 Å². The SMILES string of the molecule is CN(C)Cc1[c]c(CN(C)C)ccc1.[Cl-].[Cl-].[Sb]. The molecule has 1 aromatic carbocycles. The average molecular weight is 384 g/mol. The Morgan fingerprint density at radius 3 is 1.53 bits per heavy atom. The molecule has 4 radical (unpaired) electrons. The summed E-state index contributed by atoms with van der Waals surface area (Å²) in [5.74, 6) is 0. The standard InChI is InChI=1S/C12H19N2.2ClH.Sb/c1-13(2)9-11-6-5-7-12(8-11)10-14(3)4;;;/h5-7H,9-10H2,1-4H3;2*1H;/p-2. The van der Waals surface area contributed by atoms with E-state index in [1.807, 2.05) is 0 Å². The van der Waals surface area contributed by atoms with E-state index in [9.17, 15) is 0 Å². The monoisotopic (exact) mass is 382 g/mol. The van der Waals surface area contributed by atoms with Crippen molar-refractivity contribution < 1.29 is 24.8 Å². The Morgan fingerprint density at radius 1 is 0.882 bits per heavy atom. The van der Waals surface area contributed by atoms with Gasteiger partial charge >= 0.3 is 0 Å². The average Bonchev–Trinajstić information content (AvgIpc) is 2.01. The molecule has 0 aromatic heterocycles. The van der Waals surface area contributed by atoms with Crippen molar-refractivity contribution in [2.45, 2.75) is 13.1 Å². The molecule has 0 aliphatic heterocycles. The van der Waals surface area contributed by atoms with Crippen molar-refractivity contribution in [2.24, 2.45) is 0 Å². The van der Waals surface area contributed by atoms with Crippen LogP contribution in [0.25, 0.3) is 0 Å². The summed E-state index contributed by atoms with van der Waals surface area (Å²) in [6, 6.07) is 9.78. The summed E-state index contributed by atoms with van der Waals surface area (Å²) in [6.07, 6.45) is 0. The van der Waals surface area contributed by atoms with Gasteiger partial charge in [-0.3, -0.25) is 0 Å². The molecule has 0 atom stereocenters. The van der Waals surface area contributed by atoms with Crippen LogP contribution in [0.2, 0.25) is 0 Å². The Labute approximate surface area is 135 Å². The second-order valence-corrected chi connectivity index (χ2v) is 4.18. The van der Waals surface area contributed by atoms with Gasteiger partial charge in [-0.25, -0.2) is 0 Å². The molecule has 0 amide bonds. The quantitative estimate of drug-likeness (QED) is 0.482. The van der Waals surface area contributed by atoms with Crippen molar-refractivity contribution in [1.29, 1.82) is 0 Å². The first-order valence-electron chi connectivity index (χ1n) is 4.87. The van der Waals surface area contributed by atoms with E-state index in [1.165, 1.54) is 11.1 Å². The Morgan fingerprint density at radius 2 is 1.24 bits per heavy atom. The van der Waals surface area contributed by atoms with Crippen LogP contribution in [0.15, 0.2) is 18.2 Å². The van der Waals surface area contributed by atoms with E-state index in [4.69, 9.17) is 0 Å². The first-order valence-corrected chi connectivity index (χ1v) is 4.87. The van der Waals surface area contributed by atoms with E-state index in [0.717, 1.165) is 13.1 Å². The van der Waals surface area contributed by atoms with Gasteiger partial charge in [0.2, 0.25) is 0 Å². The van der Waals surface area contributed by atoms with Gasteiger partial charge in [0, 0.05) is 37.5 Å². The van der Waals surface area contributed by atoms with Gasteiger partial charge in [0.05, 0.1) is 0 Å².